The summed E-state index contributed by atoms with van der Waals surface area (Å²) in [6.45, 7) is 4.50. The van der Waals surface area contributed by atoms with Crippen LogP contribution in [0.3, 0.4) is 0 Å². The number of carbonyl (C=O) groups is 1. The molecule has 0 aromatic carbocycles. The molecule has 84 valence electrons. The van der Waals surface area contributed by atoms with Crippen LogP contribution in [0.15, 0.2) is 0 Å². The molecule has 2 saturated carbocycles. The van der Waals surface area contributed by atoms with Gasteiger partial charge < -0.3 is 9.47 Å². The summed E-state index contributed by atoms with van der Waals surface area (Å²) in [5.74, 6) is 1.94. The van der Waals surface area contributed by atoms with E-state index in [4.69, 9.17) is 9.47 Å². The van der Waals surface area contributed by atoms with Crippen LogP contribution in [0.5, 0.6) is 0 Å². The molecular weight excluding hydrogens is 192 g/mol. The van der Waals surface area contributed by atoms with E-state index in [1.165, 1.54) is 26.2 Å². The summed E-state index contributed by atoms with van der Waals surface area (Å²) in [5, 5.41) is 0. The van der Waals surface area contributed by atoms with Gasteiger partial charge in [-0.15, -0.1) is 0 Å². The maximum atomic E-state index is 11.0. The summed E-state index contributed by atoms with van der Waals surface area (Å²) in [5.41, 5.74) is 0.106. The van der Waals surface area contributed by atoms with Crippen LogP contribution in [0.2, 0.25) is 0 Å². The number of carbonyl (C=O) groups excluding carboxylic acids is 1. The van der Waals surface area contributed by atoms with E-state index in [2.05, 4.69) is 6.92 Å². The van der Waals surface area contributed by atoms with Crippen LogP contribution in [0.25, 0.3) is 0 Å². The lowest BCUT2D eigenvalue weighted by Crippen LogP contribution is -2.40. The number of hydrogen-bond donors (Lipinski definition) is 0. The standard InChI is InChI=1S/C12H18O3/c1-7(13)15-11-12(2)9-4-3-8(5-9)10(12)6-14-11/h8-11H,3-6H2,1-2H3/t8?,9-,10?,11?,12+/m1/s1. The van der Waals surface area contributed by atoms with E-state index < -0.39 is 0 Å². The molecule has 3 fully saturated rings. The molecule has 1 aliphatic heterocycles. The SMILES string of the molecule is CC(=O)OC1OCC2C3CC[C@H](C3)[C@]12C. The summed E-state index contributed by atoms with van der Waals surface area (Å²) < 4.78 is 11.0. The van der Waals surface area contributed by atoms with Gasteiger partial charge in [-0.3, -0.25) is 4.79 Å². The van der Waals surface area contributed by atoms with E-state index in [1.807, 2.05) is 0 Å². The highest BCUT2D eigenvalue weighted by molar-refractivity contribution is 5.66. The summed E-state index contributed by atoms with van der Waals surface area (Å²) in [4.78, 5) is 11.0. The van der Waals surface area contributed by atoms with E-state index in [0.29, 0.717) is 11.8 Å². The molecule has 3 unspecified atom stereocenters. The minimum atomic E-state index is -0.282. The predicted molar refractivity (Wildman–Crippen MR) is 53.9 cm³/mol. The van der Waals surface area contributed by atoms with Gasteiger partial charge in [0.1, 0.15) is 0 Å². The van der Waals surface area contributed by atoms with Crippen molar-refractivity contribution in [2.45, 2.75) is 39.4 Å². The molecule has 2 bridgehead atoms. The second kappa shape index (κ2) is 2.97. The highest BCUT2D eigenvalue weighted by atomic mass is 16.7. The van der Waals surface area contributed by atoms with Crippen molar-refractivity contribution in [1.29, 1.82) is 0 Å². The molecule has 1 heterocycles. The molecule has 0 amide bonds. The van der Waals surface area contributed by atoms with Gasteiger partial charge in [0, 0.05) is 12.3 Å². The number of ether oxygens (including phenoxy) is 2. The third-order valence-electron chi connectivity index (χ3n) is 4.93. The van der Waals surface area contributed by atoms with E-state index in [0.717, 1.165) is 12.5 Å². The van der Waals surface area contributed by atoms with Crippen LogP contribution >= 0.6 is 0 Å². The molecule has 2 aliphatic carbocycles. The Labute approximate surface area is 90.1 Å². The Balaban J connectivity index is 1.86. The smallest absolute Gasteiger partial charge is 0.304 e. The molecule has 15 heavy (non-hydrogen) atoms. The van der Waals surface area contributed by atoms with Crippen molar-refractivity contribution in [3.8, 4) is 0 Å². The zero-order valence-electron chi connectivity index (χ0n) is 9.36. The molecule has 0 radical (unpaired) electrons. The van der Waals surface area contributed by atoms with Crippen LogP contribution in [0.1, 0.15) is 33.1 Å². The topological polar surface area (TPSA) is 35.5 Å². The summed E-state index contributed by atoms with van der Waals surface area (Å²) in [6, 6.07) is 0. The Kier molecular flexibility index (Phi) is 1.91. The Hall–Kier alpha value is -0.570. The molecule has 0 aromatic rings. The van der Waals surface area contributed by atoms with Gasteiger partial charge in [-0.25, -0.2) is 0 Å². The highest BCUT2D eigenvalue weighted by Gasteiger charge is 2.63. The summed E-state index contributed by atoms with van der Waals surface area (Å²) in [6.07, 6.45) is 3.68. The lowest BCUT2D eigenvalue weighted by molar-refractivity contribution is -0.188. The quantitative estimate of drug-likeness (QED) is 0.621. The van der Waals surface area contributed by atoms with Gasteiger partial charge >= 0.3 is 5.97 Å². The molecule has 0 aromatic heterocycles. The minimum Gasteiger partial charge on any atom is -0.435 e. The number of hydrogen-bond acceptors (Lipinski definition) is 3. The molecule has 3 heteroatoms. The zero-order valence-corrected chi connectivity index (χ0v) is 9.36. The fourth-order valence-electron chi connectivity index (χ4n) is 4.12. The van der Waals surface area contributed by atoms with Gasteiger partial charge in [0.25, 0.3) is 0 Å². The minimum absolute atomic E-state index is 0.106. The first kappa shape index (κ1) is 9.64. The first-order chi connectivity index (χ1) is 7.12. The molecular formula is C12H18O3. The van der Waals surface area contributed by atoms with E-state index in [9.17, 15) is 4.79 Å². The van der Waals surface area contributed by atoms with Crippen molar-refractivity contribution < 1.29 is 14.3 Å². The van der Waals surface area contributed by atoms with Crippen molar-refractivity contribution in [3.05, 3.63) is 0 Å². The van der Waals surface area contributed by atoms with Gasteiger partial charge in [0.05, 0.1) is 6.61 Å². The molecule has 0 N–H and O–H groups in total. The van der Waals surface area contributed by atoms with Crippen molar-refractivity contribution >= 4 is 5.97 Å². The maximum absolute atomic E-state index is 11.0. The molecule has 3 rings (SSSR count). The molecule has 0 spiro atoms. The van der Waals surface area contributed by atoms with E-state index in [1.54, 1.807) is 0 Å². The number of esters is 1. The van der Waals surface area contributed by atoms with Gasteiger partial charge in [-0.05, 0) is 37.0 Å². The molecule has 1 saturated heterocycles. The van der Waals surface area contributed by atoms with Gasteiger partial charge in [-0.1, -0.05) is 6.92 Å². The third-order valence-corrected chi connectivity index (χ3v) is 4.93. The third kappa shape index (κ3) is 1.13. The lowest BCUT2D eigenvalue weighted by Gasteiger charge is -2.37. The van der Waals surface area contributed by atoms with Gasteiger partial charge in [-0.2, -0.15) is 0 Å². The van der Waals surface area contributed by atoms with Crippen molar-refractivity contribution in [2.24, 2.45) is 23.2 Å². The van der Waals surface area contributed by atoms with E-state index in [-0.39, 0.29) is 17.7 Å². The second-order valence-corrected chi connectivity index (χ2v) is 5.52. The second-order valence-electron chi connectivity index (χ2n) is 5.52. The summed E-state index contributed by atoms with van der Waals surface area (Å²) in [7, 11) is 0. The van der Waals surface area contributed by atoms with Crippen molar-refractivity contribution in [2.75, 3.05) is 6.61 Å². The van der Waals surface area contributed by atoms with Gasteiger partial charge in [0.15, 0.2) is 0 Å². The zero-order chi connectivity index (χ0) is 10.6. The van der Waals surface area contributed by atoms with E-state index >= 15 is 0 Å². The fourth-order valence-corrected chi connectivity index (χ4v) is 4.12. The van der Waals surface area contributed by atoms with Crippen molar-refractivity contribution in [1.82, 2.24) is 0 Å². The average molecular weight is 210 g/mol. The summed E-state index contributed by atoms with van der Waals surface area (Å²) >= 11 is 0. The number of rotatable bonds is 1. The highest BCUT2D eigenvalue weighted by Crippen LogP contribution is 2.64. The Morgan fingerprint density at radius 3 is 3.00 bits per heavy atom. The van der Waals surface area contributed by atoms with Crippen LogP contribution in [0, 0.1) is 23.2 Å². The van der Waals surface area contributed by atoms with Crippen molar-refractivity contribution in [3.63, 3.8) is 0 Å². The first-order valence-corrected chi connectivity index (χ1v) is 5.91. The van der Waals surface area contributed by atoms with Crippen LogP contribution in [0.4, 0.5) is 0 Å². The first-order valence-electron chi connectivity index (χ1n) is 5.91. The van der Waals surface area contributed by atoms with Gasteiger partial charge in [0.2, 0.25) is 6.29 Å². The largest absolute Gasteiger partial charge is 0.435 e. The fraction of sp³-hybridized carbons (Fsp3) is 0.917. The monoisotopic (exact) mass is 210 g/mol. The average Bonchev–Trinajstić information content (AvgIpc) is 2.78. The Morgan fingerprint density at radius 1 is 1.47 bits per heavy atom. The Morgan fingerprint density at radius 2 is 2.27 bits per heavy atom. The van der Waals surface area contributed by atoms with Crippen LogP contribution < -0.4 is 0 Å². The molecule has 5 atom stereocenters. The molecule has 3 aliphatic rings. The van der Waals surface area contributed by atoms with Crippen LogP contribution in [-0.2, 0) is 14.3 Å². The number of fused-ring (bicyclic) bond motifs is 5. The Bertz CT molecular complexity index is 301. The maximum Gasteiger partial charge on any atom is 0.304 e. The molecule has 3 nitrogen and oxygen atoms in total. The predicted octanol–water partition coefficient (Wildman–Crippen LogP) is 1.96. The normalized spacial score (nSPS) is 51.9. The lowest BCUT2D eigenvalue weighted by atomic mass is 9.68. The van der Waals surface area contributed by atoms with Crippen LogP contribution in [-0.4, -0.2) is 18.9 Å².